The minimum Gasteiger partial charge on any atom is -0.507 e. The van der Waals surface area contributed by atoms with Gasteiger partial charge in [-0.25, -0.2) is 0 Å². The molecule has 28 heavy (non-hydrogen) atoms. The molecule has 0 aliphatic carbocycles. The van der Waals surface area contributed by atoms with Crippen LogP contribution in [0.3, 0.4) is 0 Å². The minimum absolute atomic E-state index is 0.200. The van der Waals surface area contributed by atoms with Crippen molar-refractivity contribution in [1.29, 1.82) is 0 Å². The van der Waals surface area contributed by atoms with E-state index in [1.165, 1.54) is 0 Å². The molecule has 3 N–H and O–H groups in total. The molecule has 2 saturated heterocycles. The van der Waals surface area contributed by atoms with E-state index in [4.69, 9.17) is 10.5 Å². The molecule has 7 nitrogen and oxygen atoms in total. The number of ether oxygens (including phenoxy) is 1. The van der Waals surface area contributed by atoms with Crippen LogP contribution >= 0.6 is 0 Å². The molecule has 0 spiro atoms. The van der Waals surface area contributed by atoms with Crippen molar-refractivity contribution in [3.05, 3.63) is 30.3 Å². The zero-order chi connectivity index (χ0) is 19.5. The van der Waals surface area contributed by atoms with Crippen molar-refractivity contribution in [2.24, 2.45) is 5.92 Å². The van der Waals surface area contributed by atoms with E-state index in [-0.39, 0.29) is 5.75 Å². The van der Waals surface area contributed by atoms with Gasteiger partial charge in [0.15, 0.2) is 5.82 Å². The average Bonchev–Trinajstić information content (AvgIpc) is 2.75. The summed E-state index contributed by atoms with van der Waals surface area (Å²) in [7, 11) is 0. The Bertz CT molecular complexity index is 801. The van der Waals surface area contributed by atoms with E-state index in [9.17, 15) is 5.11 Å². The third-order valence-corrected chi connectivity index (χ3v) is 6.17. The number of phenolic OH excluding ortho intramolecular Hbond substituents is 1. The third-order valence-electron chi connectivity index (χ3n) is 6.17. The fourth-order valence-electron chi connectivity index (χ4n) is 4.37. The third kappa shape index (κ3) is 3.91. The number of nitrogens with zero attached hydrogens (tertiary/aromatic N) is 4. The van der Waals surface area contributed by atoms with Gasteiger partial charge in [0.05, 0.1) is 24.6 Å². The summed E-state index contributed by atoms with van der Waals surface area (Å²) in [6.45, 7) is 8.02. The van der Waals surface area contributed by atoms with Gasteiger partial charge in [-0.3, -0.25) is 4.90 Å². The monoisotopic (exact) mass is 383 g/mol. The van der Waals surface area contributed by atoms with Crippen LogP contribution in [0, 0.1) is 5.92 Å². The highest BCUT2D eigenvalue weighted by molar-refractivity contribution is 5.74. The fraction of sp³-hybridized carbons (Fsp3) is 0.524. The number of para-hydroxylation sites is 1. The van der Waals surface area contributed by atoms with Gasteiger partial charge in [-0.05, 0) is 43.9 Å². The normalized spacial score (nSPS) is 20.2. The molecule has 2 aromatic rings. The highest BCUT2D eigenvalue weighted by Crippen LogP contribution is 2.34. The van der Waals surface area contributed by atoms with Crippen LogP contribution in [0.5, 0.6) is 5.75 Å². The predicted octanol–water partition coefficient (Wildman–Crippen LogP) is 2.37. The van der Waals surface area contributed by atoms with Gasteiger partial charge >= 0.3 is 0 Å². The van der Waals surface area contributed by atoms with Crippen LogP contribution in [-0.4, -0.2) is 65.6 Å². The van der Waals surface area contributed by atoms with Crippen molar-refractivity contribution in [1.82, 2.24) is 15.1 Å². The van der Waals surface area contributed by atoms with Gasteiger partial charge in [0.2, 0.25) is 0 Å². The Morgan fingerprint density at radius 3 is 2.54 bits per heavy atom. The number of aromatic nitrogens is 2. The highest BCUT2D eigenvalue weighted by Gasteiger charge is 2.29. The molecule has 3 heterocycles. The molecular weight excluding hydrogens is 354 g/mol. The fourth-order valence-corrected chi connectivity index (χ4v) is 4.37. The van der Waals surface area contributed by atoms with Crippen molar-refractivity contribution in [3.8, 4) is 17.0 Å². The second-order valence-electron chi connectivity index (χ2n) is 7.73. The molecular formula is C21H29N5O2. The number of morpholine rings is 1. The molecule has 2 fully saturated rings. The Kier molecular flexibility index (Phi) is 5.64. The van der Waals surface area contributed by atoms with Gasteiger partial charge in [-0.1, -0.05) is 12.1 Å². The van der Waals surface area contributed by atoms with Crippen molar-refractivity contribution in [2.75, 3.05) is 50.0 Å². The van der Waals surface area contributed by atoms with Crippen LogP contribution in [0.1, 0.15) is 19.8 Å². The quantitative estimate of drug-likeness (QED) is 0.838. The minimum atomic E-state index is 0.200. The standard InChI is InChI=1S/C21H29N5O2/c1-15(25-10-12-28-13-11-25)16-6-8-26(9-7-16)19-14-18(23-24-21(19)22)17-4-2-3-5-20(17)27/h2-5,14-16,27H,6-13H2,1H3,(H2,22,24)/t15-/m1/s1. The first-order valence-electron chi connectivity index (χ1n) is 10.1. The first kappa shape index (κ1) is 19.0. The summed E-state index contributed by atoms with van der Waals surface area (Å²) in [6, 6.07) is 9.70. The lowest BCUT2D eigenvalue weighted by atomic mass is 9.89. The van der Waals surface area contributed by atoms with Crippen molar-refractivity contribution in [2.45, 2.75) is 25.8 Å². The second-order valence-corrected chi connectivity index (χ2v) is 7.73. The molecule has 0 amide bonds. The maximum Gasteiger partial charge on any atom is 0.169 e. The molecule has 0 bridgehead atoms. The van der Waals surface area contributed by atoms with Gasteiger partial charge < -0.3 is 20.5 Å². The van der Waals surface area contributed by atoms with Crippen LogP contribution in [-0.2, 0) is 4.74 Å². The molecule has 0 unspecified atom stereocenters. The first-order valence-corrected chi connectivity index (χ1v) is 10.1. The van der Waals surface area contributed by atoms with Gasteiger partial charge in [0, 0.05) is 37.8 Å². The van der Waals surface area contributed by atoms with Gasteiger partial charge in [-0.2, -0.15) is 0 Å². The smallest absolute Gasteiger partial charge is 0.169 e. The number of hydrogen-bond acceptors (Lipinski definition) is 7. The van der Waals surface area contributed by atoms with Crippen molar-refractivity contribution >= 4 is 11.5 Å². The van der Waals surface area contributed by atoms with E-state index in [0.29, 0.717) is 29.0 Å². The summed E-state index contributed by atoms with van der Waals surface area (Å²) in [5.74, 6) is 1.33. The number of nitrogen functional groups attached to an aromatic ring is 1. The second kappa shape index (κ2) is 8.32. The lowest BCUT2D eigenvalue weighted by Crippen LogP contribution is -2.48. The number of phenols is 1. The summed E-state index contributed by atoms with van der Waals surface area (Å²) in [5.41, 5.74) is 8.37. The molecule has 0 saturated carbocycles. The van der Waals surface area contributed by atoms with Crippen LogP contribution in [0.15, 0.2) is 30.3 Å². The number of rotatable bonds is 4. The van der Waals surface area contributed by atoms with Crippen molar-refractivity contribution in [3.63, 3.8) is 0 Å². The van der Waals surface area contributed by atoms with E-state index < -0.39 is 0 Å². The molecule has 4 rings (SSSR count). The Morgan fingerprint density at radius 1 is 1.11 bits per heavy atom. The molecule has 1 aromatic heterocycles. The van der Waals surface area contributed by atoms with Gasteiger partial charge in [-0.15, -0.1) is 10.2 Å². The van der Waals surface area contributed by atoms with E-state index in [2.05, 4.69) is 26.9 Å². The maximum atomic E-state index is 10.1. The lowest BCUT2D eigenvalue weighted by Gasteiger charge is -2.41. The van der Waals surface area contributed by atoms with E-state index in [1.54, 1.807) is 12.1 Å². The Morgan fingerprint density at radius 2 is 1.82 bits per heavy atom. The number of hydrogen-bond donors (Lipinski definition) is 2. The highest BCUT2D eigenvalue weighted by atomic mass is 16.5. The van der Waals surface area contributed by atoms with Crippen LogP contribution < -0.4 is 10.6 Å². The summed E-state index contributed by atoms with van der Waals surface area (Å²) >= 11 is 0. The maximum absolute atomic E-state index is 10.1. The zero-order valence-electron chi connectivity index (χ0n) is 16.4. The predicted molar refractivity (Wildman–Crippen MR) is 110 cm³/mol. The van der Waals surface area contributed by atoms with Gasteiger partial charge in [0.1, 0.15) is 5.75 Å². The number of aromatic hydroxyl groups is 1. The summed E-state index contributed by atoms with van der Waals surface area (Å²) in [6.07, 6.45) is 2.26. The summed E-state index contributed by atoms with van der Waals surface area (Å²) < 4.78 is 5.49. The van der Waals surface area contributed by atoms with Crippen LogP contribution in [0.2, 0.25) is 0 Å². The summed E-state index contributed by atoms with van der Waals surface area (Å²) in [4.78, 5) is 4.86. The molecule has 1 atom stereocenters. The number of nitrogens with two attached hydrogens (primary N) is 1. The van der Waals surface area contributed by atoms with Crippen LogP contribution in [0.4, 0.5) is 11.5 Å². The Labute approximate surface area is 166 Å². The molecule has 0 radical (unpaired) electrons. The Balaban J connectivity index is 1.46. The molecule has 7 heteroatoms. The number of benzene rings is 1. The zero-order valence-corrected chi connectivity index (χ0v) is 16.4. The van der Waals surface area contributed by atoms with E-state index in [0.717, 1.165) is 57.9 Å². The topological polar surface area (TPSA) is 87.7 Å². The Hall–Kier alpha value is -2.38. The number of anilines is 2. The van der Waals surface area contributed by atoms with Gasteiger partial charge in [0.25, 0.3) is 0 Å². The average molecular weight is 383 g/mol. The molecule has 1 aromatic carbocycles. The molecule has 2 aliphatic heterocycles. The molecule has 150 valence electrons. The molecule has 2 aliphatic rings. The van der Waals surface area contributed by atoms with E-state index >= 15 is 0 Å². The summed E-state index contributed by atoms with van der Waals surface area (Å²) in [5, 5.41) is 18.5. The van der Waals surface area contributed by atoms with Crippen LogP contribution in [0.25, 0.3) is 11.3 Å². The first-order chi connectivity index (χ1) is 13.6. The van der Waals surface area contributed by atoms with E-state index in [1.807, 2.05) is 18.2 Å². The lowest BCUT2D eigenvalue weighted by molar-refractivity contribution is 0.00449. The van der Waals surface area contributed by atoms with Crippen molar-refractivity contribution < 1.29 is 9.84 Å². The SMILES string of the molecule is C[C@H](C1CCN(c2cc(-c3ccccc3O)nnc2N)CC1)N1CCOCC1. The largest absolute Gasteiger partial charge is 0.507 e. The number of piperidine rings is 1.